The molecule has 0 bridgehead atoms. The zero-order valence-electron chi connectivity index (χ0n) is 11.7. The SMILES string of the molecule is NCC(=O)N1C[C@H](NC(=O)c2cccc(F)c2)C[C@H]1C(=O)O. The highest BCUT2D eigenvalue weighted by Crippen LogP contribution is 2.19. The van der Waals surface area contributed by atoms with Gasteiger partial charge < -0.3 is 21.1 Å². The molecule has 0 unspecified atom stereocenters. The molecular weight excluding hydrogens is 293 g/mol. The van der Waals surface area contributed by atoms with Crippen LogP contribution in [0.2, 0.25) is 0 Å². The topological polar surface area (TPSA) is 113 Å². The summed E-state index contributed by atoms with van der Waals surface area (Å²) in [7, 11) is 0. The molecule has 2 rings (SSSR count). The van der Waals surface area contributed by atoms with E-state index in [1.807, 2.05) is 0 Å². The van der Waals surface area contributed by atoms with Crippen LogP contribution >= 0.6 is 0 Å². The van der Waals surface area contributed by atoms with Crippen LogP contribution < -0.4 is 11.1 Å². The molecule has 4 N–H and O–H groups in total. The van der Waals surface area contributed by atoms with Crippen LogP contribution in [0.5, 0.6) is 0 Å². The number of amides is 2. The van der Waals surface area contributed by atoms with Gasteiger partial charge in [0.1, 0.15) is 11.9 Å². The molecular formula is C14H16FN3O4. The van der Waals surface area contributed by atoms with E-state index >= 15 is 0 Å². The van der Waals surface area contributed by atoms with Crippen molar-refractivity contribution < 1.29 is 23.9 Å². The Hall–Kier alpha value is -2.48. The van der Waals surface area contributed by atoms with Crippen molar-refractivity contribution >= 4 is 17.8 Å². The number of rotatable bonds is 4. The van der Waals surface area contributed by atoms with Crippen molar-refractivity contribution in [3.05, 3.63) is 35.6 Å². The molecule has 1 aromatic carbocycles. The van der Waals surface area contributed by atoms with E-state index < -0.39 is 35.7 Å². The van der Waals surface area contributed by atoms with E-state index in [9.17, 15) is 18.8 Å². The van der Waals surface area contributed by atoms with E-state index in [0.717, 1.165) is 11.0 Å². The summed E-state index contributed by atoms with van der Waals surface area (Å²) in [5, 5.41) is 11.7. The molecule has 1 heterocycles. The molecule has 1 aromatic rings. The number of hydrogen-bond acceptors (Lipinski definition) is 4. The largest absolute Gasteiger partial charge is 0.480 e. The minimum Gasteiger partial charge on any atom is -0.480 e. The Morgan fingerprint density at radius 1 is 1.41 bits per heavy atom. The third-order valence-corrected chi connectivity index (χ3v) is 3.50. The number of nitrogens with two attached hydrogens (primary N) is 1. The summed E-state index contributed by atoms with van der Waals surface area (Å²) in [6.45, 7) is -0.234. The van der Waals surface area contributed by atoms with Gasteiger partial charge >= 0.3 is 5.97 Å². The van der Waals surface area contributed by atoms with Gasteiger partial charge in [0, 0.05) is 24.6 Å². The molecule has 8 heteroatoms. The standard InChI is InChI=1S/C14H16FN3O4/c15-9-3-1-2-8(4-9)13(20)17-10-5-11(14(21)22)18(7-10)12(19)6-16/h1-4,10-11H,5-7,16H2,(H,17,20)(H,21,22)/t10-,11+/m1/s1. The molecule has 22 heavy (non-hydrogen) atoms. The number of carbonyl (C=O) groups excluding carboxylic acids is 2. The van der Waals surface area contributed by atoms with Crippen molar-refractivity contribution in [2.45, 2.75) is 18.5 Å². The van der Waals surface area contributed by atoms with Crippen molar-refractivity contribution in [1.82, 2.24) is 10.2 Å². The highest BCUT2D eigenvalue weighted by molar-refractivity contribution is 5.94. The molecule has 0 spiro atoms. The molecule has 0 radical (unpaired) electrons. The van der Waals surface area contributed by atoms with E-state index in [4.69, 9.17) is 10.8 Å². The van der Waals surface area contributed by atoms with Gasteiger partial charge in [-0.15, -0.1) is 0 Å². The maximum Gasteiger partial charge on any atom is 0.326 e. The number of carbonyl (C=O) groups is 3. The number of nitrogens with one attached hydrogen (secondary N) is 1. The number of likely N-dealkylation sites (tertiary alicyclic amines) is 1. The summed E-state index contributed by atoms with van der Waals surface area (Å²) in [6, 6.07) is 3.62. The van der Waals surface area contributed by atoms with Crippen LogP contribution in [0.15, 0.2) is 24.3 Å². The zero-order valence-corrected chi connectivity index (χ0v) is 11.7. The number of benzene rings is 1. The number of aliphatic carboxylic acids is 1. The lowest BCUT2D eigenvalue weighted by molar-refractivity contribution is -0.147. The van der Waals surface area contributed by atoms with E-state index in [1.54, 1.807) is 0 Å². The molecule has 118 valence electrons. The molecule has 2 atom stereocenters. The normalized spacial score (nSPS) is 20.7. The molecule has 1 fully saturated rings. The number of halogens is 1. The highest BCUT2D eigenvalue weighted by Gasteiger charge is 2.39. The third-order valence-electron chi connectivity index (χ3n) is 3.50. The van der Waals surface area contributed by atoms with E-state index in [2.05, 4.69) is 5.32 Å². The smallest absolute Gasteiger partial charge is 0.326 e. The summed E-state index contributed by atoms with van der Waals surface area (Å²) >= 11 is 0. The monoisotopic (exact) mass is 309 g/mol. The lowest BCUT2D eigenvalue weighted by atomic mass is 10.1. The van der Waals surface area contributed by atoms with Crippen molar-refractivity contribution in [3.8, 4) is 0 Å². The number of hydrogen-bond donors (Lipinski definition) is 3. The third kappa shape index (κ3) is 3.40. The second-order valence-corrected chi connectivity index (χ2v) is 5.02. The Kier molecular flexibility index (Phi) is 4.71. The van der Waals surface area contributed by atoms with E-state index in [-0.39, 0.29) is 25.1 Å². The van der Waals surface area contributed by atoms with E-state index in [0.29, 0.717) is 0 Å². The molecule has 1 aliphatic heterocycles. The first kappa shape index (κ1) is 15.9. The average Bonchev–Trinajstić information content (AvgIpc) is 2.90. The summed E-state index contributed by atoms with van der Waals surface area (Å²) in [4.78, 5) is 36.0. The molecule has 0 saturated carbocycles. The van der Waals surface area contributed by atoms with E-state index in [1.165, 1.54) is 18.2 Å². The Bertz CT molecular complexity index is 608. The molecule has 2 amide bonds. The summed E-state index contributed by atoms with van der Waals surface area (Å²) in [5.41, 5.74) is 5.39. The lowest BCUT2D eigenvalue weighted by Crippen LogP contribution is -2.44. The van der Waals surface area contributed by atoms with Gasteiger partial charge in [0.15, 0.2) is 0 Å². The van der Waals surface area contributed by atoms with Crippen molar-refractivity contribution in [2.75, 3.05) is 13.1 Å². The predicted molar refractivity (Wildman–Crippen MR) is 74.5 cm³/mol. The number of nitrogens with zero attached hydrogens (tertiary/aromatic N) is 1. The second-order valence-electron chi connectivity index (χ2n) is 5.02. The summed E-state index contributed by atoms with van der Waals surface area (Å²) in [5.74, 6) is -2.70. The Morgan fingerprint density at radius 3 is 2.73 bits per heavy atom. The highest BCUT2D eigenvalue weighted by atomic mass is 19.1. The Labute approximate surface area is 125 Å². The van der Waals surface area contributed by atoms with Crippen LogP contribution in [-0.4, -0.2) is 53.0 Å². The Balaban J connectivity index is 2.06. The van der Waals surface area contributed by atoms with Crippen LogP contribution in [0, 0.1) is 5.82 Å². The second kappa shape index (κ2) is 6.52. The first-order valence-corrected chi connectivity index (χ1v) is 6.71. The molecule has 1 aliphatic rings. The minimum atomic E-state index is -1.15. The molecule has 0 aromatic heterocycles. The number of carboxylic acid groups (broad SMARTS) is 1. The molecule has 1 saturated heterocycles. The van der Waals surface area contributed by atoms with Crippen LogP contribution in [0.25, 0.3) is 0 Å². The van der Waals surface area contributed by atoms with Gasteiger partial charge in [0.25, 0.3) is 5.91 Å². The summed E-state index contributed by atoms with van der Waals surface area (Å²) < 4.78 is 13.1. The first-order chi connectivity index (χ1) is 10.4. The number of carboxylic acids is 1. The quantitative estimate of drug-likeness (QED) is 0.698. The van der Waals surface area contributed by atoms with Crippen molar-refractivity contribution in [1.29, 1.82) is 0 Å². The zero-order chi connectivity index (χ0) is 16.3. The fourth-order valence-electron chi connectivity index (χ4n) is 2.47. The van der Waals surface area contributed by atoms with Gasteiger partial charge in [-0.1, -0.05) is 6.07 Å². The van der Waals surface area contributed by atoms with Crippen LogP contribution in [-0.2, 0) is 9.59 Å². The Morgan fingerprint density at radius 2 is 2.14 bits per heavy atom. The first-order valence-electron chi connectivity index (χ1n) is 6.71. The van der Waals surface area contributed by atoms with Gasteiger partial charge in [-0.25, -0.2) is 9.18 Å². The van der Waals surface area contributed by atoms with Crippen LogP contribution in [0.3, 0.4) is 0 Å². The predicted octanol–water partition coefficient (Wildman–Crippen LogP) is -0.432. The van der Waals surface area contributed by atoms with Crippen LogP contribution in [0.4, 0.5) is 4.39 Å². The average molecular weight is 309 g/mol. The fourth-order valence-corrected chi connectivity index (χ4v) is 2.47. The maximum absolute atomic E-state index is 13.1. The van der Waals surface area contributed by atoms with Gasteiger partial charge in [-0.3, -0.25) is 9.59 Å². The van der Waals surface area contributed by atoms with Gasteiger partial charge in [-0.05, 0) is 18.2 Å². The van der Waals surface area contributed by atoms with Gasteiger partial charge in [0.2, 0.25) is 5.91 Å². The van der Waals surface area contributed by atoms with Crippen LogP contribution in [0.1, 0.15) is 16.8 Å². The molecule has 7 nitrogen and oxygen atoms in total. The van der Waals surface area contributed by atoms with Gasteiger partial charge in [0.05, 0.1) is 6.54 Å². The minimum absolute atomic E-state index is 0.0635. The van der Waals surface area contributed by atoms with Crippen molar-refractivity contribution in [3.63, 3.8) is 0 Å². The molecule has 0 aliphatic carbocycles. The van der Waals surface area contributed by atoms with Crippen molar-refractivity contribution in [2.24, 2.45) is 5.73 Å². The fraction of sp³-hybridized carbons (Fsp3) is 0.357. The maximum atomic E-state index is 13.1. The van der Waals surface area contributed by atoms with Gasteiger partial charge in [-0.2, -0.15) is 0 Å². The summed E-state index contributed by atoms with van der Waals surface area (Å²) in [6.07, 6.45) is 0.0854. The lowest BCUT2D eigenvalue weighted by Gasteiger charge is -2.20.